The molecule has 0 spiro atoms. The van der Waals surface area contributed by atoms with Gasteiger partial charge in [-0.05, 0) is 24.4 Å². The molecule has 1 amide bonds. The maximum atomic E-state index is 11.9. The number of anilines is 1. The van der Waals surface area contributed by atoms with Crippen molar-refractivity contribution in [3.8, 4) is 0 Å². The fourth-order valence-corrected chi connectivity index (χ4v) is 4.53. The Morgan fingerprint density at radius 3 is 2.17 bits per heavy atom. The van der Waals surface area contributed by atoms with E-state index in [4.69, 9.17) is 47.0 Å². The van der Waals surface area contributed by atoms with Crippen LogP contribution >= 0.6 is 47.0 Å². The van der Waals surface area contributed by atoms with Crippen molar-refractivity contribution in [2.75, 3.05) is 16.8 Å². The summed E-state index contributed by atoms with van der Waals surface area (Å²) in [7, 11) is -3.35. The third kappa shape index (κ3) is 5.63. The van der Waals surface area contributed by atoms with Crippen molar-refractivity contribution >= 4 is 73.6 Å². The maximum Gasteiger partial charge on any atom is 0.272 e. The van der Waals surface area contributed by atoms with Crippen LogP contribution < -0.4 is 16.0 Å². The molecule has 0 saturated carbocycles. The second-order valence-corrected chi connectivity index (χ2v) is 10.1. The minimum absolute atomic E-state index is 0.186. The molecule has 0 aromatic heterocycles. The Morgan fingerprint density at radius 2 is 1.62 bits per heavy atom. The first-order chi connectivity index (χ1) is 11.1. The van der Waals surface area contributed by atoms with Crippen LogP contribution in [0.2, 0.25) is 0 Å². The summed E-state index contributed by atoms with van der Waals surface area (Å²) in [6, 6.07) is 7.74. The number of sulfone groups is 1. The molecule has 1 aromatic carbocycles. The molecular weight excluding hydrogens is 417 g/mol. The first-order valence-electron chi connectivity index (χ1n) is 6.77. The van der Waals surface area contributed by atoms with Gasteiger partial charge >= 0.3 is 0 Å². The molecule has 0 bridgehead atoms. The topological polar surface area (TPSA) is 87.3 Å². The molecule has 0 unspecified atom stereocenters. The van der Waals surface area contributed by atoms with E-state index in [2.05, 4.69) is 16.0 Å². The monoisotopic (exact) mass is 429 g/mol. The molecule has 6 nitrogen and oxygen atoms in total. The van der Waals surface area contributed by atoms with Crippen LogP contribution in [-0.2, 0) is 14.6 Å². The summed E-state index contributed by atoms with van der Waals surface area (Å²) in [5.41, 5.74) is 0.748. The van der Waals surface area contributed by atoms with E-state index in [1.54, 1.807) is 0 Å². The summed E-state index contributed by atoms with van der Waals surface area (Å²) in [5.74, 6) is -1.33. The van der Waals surface area contributed by atoms with Crippen molar-refractivity contribution in [3.63, 3.8) is 0 Å². The number of thiocarbonyl (C=S) groups is 1. The number of carbonyl (C=O) groups excluding carboxylic acids is 1. The predicted octanol–water partition coefficient (Wildman–Crippen LogP) is 1.63. The fraction of sp³-hybridized carbons (Fsp3) is 0.385. The van der Waals surface area contributed by atoms with Crippen LogP contribution in [0.4, 0.5) is 5.69 Å². The van der Waals surface area contributed by atoms with E-state index >= 15 is 0 Å². The van der Waals surface area contributed by atoms with Crippen LogP contribution in [0.3, 0.4) is 0 Å². The maximum absolute atomic E-state index is 11.9. The number of amides is 1. The molecule has 1 heterocycles. The SMILES string of the molecule is O=C(N[C@H]1CS(=O)(=O)C[C@@H]1NC(=S)Nc1ccccc1)C(Cl)(Cl)Cl. The van der Waals surface area contributed by atoms with E-state index in [-0.39, 0.29) is 16.6 Å². The van der Waals surface area contributed by atoms with Gasteiger partial charge in [-0.3, -0.25) is 4.79 Å². The average molecular weight is 431 g/mol. The van der Waals surface area contributed by atoms with Crippen LogP contribution in [-0.4, -0.2) is 46.8 Å². The molecule has 0 aliphatic carbocycles. The molecule has 132 valence electrons. The summed E-state index contributed by atoms with van der Waals surface area (Å²) in [6.45, 7) is 0. The number of halogens is 3. The highest BCUT2D eigenvalue weighted by atomic mass is 35.6. The number of rotatable bonds is 3. The standard InChI is InChI=1S/C13H14Cl3N3O3S2/c14-13(15,16)11(20)18-9-6-24(21,22)7-10(9)19-12(23)17-8-4-2-1-3-5-8/h1-5,9-10H,6-7H2,(H,18,20)(H2,17,19,23)/t9-,10-/m0/s1. The van der Waals surface area contributed by atoms with E-state index in [1.165, 1.54) is 0 Å². The molecule has 0 radical (unpaired) electrons. The van der Waals surface area contributed by atoms with Crippen LogP contribution in [0.25, 0.3) is 0 Å². The lowest BCUT2D eigenvalue weighted by molar-refractivity contribution is -0.120. The minimum Gasteiger partial charge on any atom is -0.357 e. The Bertz CT molecular complexity index is 723. The lowest BCUT2D eigenvalue weighted by atomic mass is 10.2. The lowest BCUT2D eigenvalue weighted by Gasteiger charge is -2.23. The molecule has 1 aliphatic heterocycles. The largest absolute Gasteiger partial charge is 0.357 e. The predicted molar refractivity (Wildman–Crippen MR) is 100 cm³/mol. The Balaban J connectivity index is 2.03. The van der Waals surface area contributed by atoms with Gasteiger partial charge in [-0.2, -0.15) is 0 Å². The highest BCUT2D eigenvalue weighted by Gasteiger charge is 2.42. The Hall–Kier alpha value is -0.800. The molecule has 11 heteroatoms. The fourth-order valence-electron chi connectivity index (χ4n) is 2.24. The molecule has 3 N–H and O–H groups in total. The number of alkyl halides is 3. The van der Waals surface area contributed by atoms with Gasteiger partial charge in [0, 0.05) is 5.69 Å². The van der Waals surface area contributed by atoms with Gasteiger partial charge in [-0.1, -0.05) is 53.0 Å². The number of para-hydroxylation sites is 1. The Morgan fingerprint density at radius 1 is 1.08 bits per heavy atom. The van der Waals surface area contributed by atoms with Crippen molar-refractivity contribution < 1.29 is 13.2 Å². The van der Waals surface area contributed by atoms with E-state index in [0.29, 0.717) is 0 Å². The zero-order valence-electron chi connectivity index (χ0n) is 12.1. The summed E-state index contributed by atoms with van der Waals surface area (Å²) in [5, 5.41) is 8.48. The van der Waals surface area contributed by atoms with Crippen molar-refractivity contribution in [3.05, 3.63) is 30.3 Å². The van der Waals surface area contributed by atoms with Gasteiger partial charge in [0.05, 0.1) is 23.6 Å². The zero-order chi connectivity index (χ0) is 18.0. The molecular formula is C13H14Cl3N3O3S2. The van der Waals surface area contributed by atoms with Gasteiger partial charge in [0.1, 0.15) is 0 Å². The van der Waals surface area contributed by atoms with E-state index in [9.17, 15) is 13.2 Å². The molecule has 2 rings (SSSR count). The number of benzene rings is 1. The van der Waals surface area contributed by atoms with E-state index < -0.39 is 31.6 Å². The van der Waals surface area contributed by atoms with Gasteiger partial charge in [-0.25, -0.2) is 8.42 Å². The highest BCUT2D eigenvalue weighted by Crippen LogP contribution is 2.27. The van der Waals surface area contributed by atoms with Gasteiger partial charge in [-0.15, -0.1) is 0 Å². The van der Waals surface area contributed by atoms with Crippen molar-refractivity contribution in [2.45, 2.75) is 15.9 Å². The normalized spacial score (nSPS) is 22.6. The molecule has 2 atom stereocenters. The van der Waals surface area contributed by atoms with Crippen LogP contribution in [0, 0.1) is 0 Å². The van der Waals surface area contributed by atoms with Crippen LogP contribution in [0.15, 0.2) is 30.3 Å². The van der Waals surface area contributed by atoms with Crippen molar-refractivity contribution in [1.29, 1.82) is 0 Å². The minimum atomic E-state index is -3.35. The van der Waals surface area contributed by atoms with Crippen molar-refractivity contribution in [2.24, 2.45) is 0 Å². The summed E-state index contributed by atoms with van der Waals surface area (Å²) in [4.78, 5) is 11.8. The molecule has 1 aliphatic rings. The Kier molecular flexibility index (Phi) is 6.19. The quantitative estimate of drug-likeness (QED) is 0.499. The van der Waals surface area contributed by atoms with Gasteiger partial charge in [0.15, 0.2) is 14.9 Å². The average Bonchev–Trinajstić information content (AvgIpc) is 2.72. The first-order valence-corrected chi connectivity index (χ1v) is 10.1. The highest BCUT2D eigenvalue weighted by molar-refractivity contribution is 7.91. The second kappa shape index (κ2) is 7.61. The van der Waals surface area contributed by atoms with E-state index in [0.717, 1.165) is 5.69 Å². The number of hydrogen-bond donors (Lipinski definition) is 3. The zero-order valence-corrected chi connectivity index (χ0v) is 16.0. The third-order valence-electron chi connectivity index (χ3n) is 3.27. The number of nitrogens with one attached hydrogen (secondary N) is 3. The van der Waals surface area contributed by atoms with Crippen LogP contribution in [0.5, 0.6) is 0 Å². The molecule has 24 heavy (non-hydrogen) atoms. The van der Waals surface area contributed by atoms with Crippen molar-refractivity contribution in [1.82, 2.24) is 10.6 Å². The van der Waals surface area contributed by atoms with Gasteiger partial charge in [0.25, 0.3) is 9.70 Å². The smallest absolute Gasteiger partial charge is 0.272 e. The molecule has 1 aromatic rings. The van der Waals surface area contributed by atoms with Gasteiger partial charge in [0.2, 0.25) is 0 Å². The van der Waals surface area contributed by atoms with Gasteiger partial charge < -0.3 is 16.0 Å². The molecule has 1 saturated heterocycles. The summed E-state index contributed by atoms with van der Waals surface area (Å²) < 4.78 is 21.6. The third-order valence-corrected chi connectivity index (χ3v) is 5.74. The number of hydrogen-bond acceptors (Lipinski definition) is 4. The first kappa shape index (κ1) is 19.5. The Labute approximate surface area is 160 Å². The van der Waals surface area contributed by atoms with E-state index in [1.807, 2.05) is 30.3 Å². The number of carbonyl (C=O) groups is 1. The van der Waals surface area contributed by atoms with Crippen LogP contribution in [0.1, 0.15) is 0 Å². The summed E-state index contributed by atoms with van der Waals surface area (Å²) >= 11 is 21.7. The lowest BCUT2D eigenvalue weighted by Crippen LogP contribution is -2.53. The summed E-state index contributed by atoms with van der Waals surface area (Å²) in [6.07, 6.45) is 0. The second-order valence-electron chi connectivity index (χ2n) is 5.23. The molecule has 1 fully saturated rings.